The molecule has 266 valence electrons. The molecule has 0 fully saturated rings. The van der Waals surface area contributed by atoms with Crippen molar-refractivity contribution in [1.82, 2.24) is 0 Å². The lowest BCUT2D eigenvalue weighted by Gasteiger charge is -2.40. The minimum Gasteiger partial charge on any atom is -0.351 e. The number of ether oxygens (including phenoxy) is 4. The van der Waals surface area contributed by atoms with Crippen LogP contribution in [0.4, 0.5) is 0 Å². The lowest BCUT2D eigenvalue weighted by Crippen LogP contribution is -2.42. The van der Waals surface area contributed by atoms with Gasteiger partial charge in [0.15, 0.2) is 12.6 Å². The van der Waals surface area contributed by atoms with Crippen molar-refractivity contribution in [2.45, 2.75) is 206 Å². The van der Waals surface area contributed by atoms with Crippen molar-refractivity contribution in [3.8, 4) is 0 Å². The molecule has 2 unspecified atom stereocenters. The first-order valence-electron chi connectivity index (χ1n) is 18.7. The summed E-state index contributed by atoms with van der Waals surface area (Å²) in [5.41, 5.74) is 0. The SMILES string of the molecule is CCCCCCCCCCC(CC)(SSSSC(CC)(CCCCCCCCCC)C(OCC)OCC)C(OCC)OCC. The lowest BCUT2D eigenvalue weighted by atomic mass is 9.95. The molecule has 8 heteroatoms. The number of rotatable bonds is 35. The first kappa shape index (κ1) is 45.2. The Morgan fingerprint density at radius 1 is 0.386 bits per heavy atom. The van der Waals surface area contributed by atoms with Crippen molar-refractivity contribution in [3.63, 3.8) is 0 Å². The smallest absolute Gasteiger partial charge is 0.172 e. The molecule has 0 N–H and O–H groups in total. The molecule has 0 heterocycles. The monoisotopic (exact) mass is 698 g/mol. The van der Waals surface area contributed by atoms with Crippen LogP contribution in [0, 0.1) is 0 Å². The highest BCUT2D eigenvalue weighted by Crippen LogP contribution is 2.58. The molecule has 0 bridgehead atoms. The van der Waals surface area contributed by atoms with Gasteiger partial charge in [0.05, 0.1) is 9.49 Å². The van der Waals surface area contributed by atoms with Gasteiger partial charge in [0.1, 0.15) is 0 Å². The van der Waals surface area contributed by atoms with E-state index in [9.17, 15) is 0 Å². The Morgan fingerprint density at radius 3 is 0.909 bits per heavy atom. The Hall–Kier alpha value is 1.24. The molecule has 0 rings (SSSR count). The second-order valence-corrected chi connectivity index (χ2v) is 18.6. The Balaban J connectivity index is 5.39. The average Bonchev–Trinajstić information content (AvgIpc) is 3.03. The van der Waals surface area contributed by atoms with Gasteiger partial charge in [0.25, 0.3) is 0 Å². The minimum atomic E-state index is -0.178. The maximum Gasteiger partial charge on any atom is 0.172 e. The molecule has 44 heavy (non-hydrogen) atoms. The molecule has 0 aromatic heterocycles. The summed E-state index contributed by atoms with van der Waals surface area (Å²) in [4.78, 5) is 0. The largest absolute Gasteiger partial charge is 0.351 e. The normalized spacial score (nSPS) is 14.9. The van der Waals surface area contributed by atoms with Gasteiger partial charge in [-0.05, 0) is 73.0 Å². The van der Waals surface area contributed by atoms with E-state index in [-0.39, 0.29) is 22.1 Å². The van der Waals surface area contributed by atoms with E-state index in [0.717, 1.165) is 25.7 Å². The molecule has 4 nitrogen and oxygen atoms in total. The Morgan fingerprint density at radius 2 is 0.659 bits per heavy atom. The second kappa shape index (κ2) is 31.5. The Kier molecular flexibility index (Phi) is 32.4. The Bertz CT molecular complexity index is 540. The van der Waals surface area contributed by atoms with E-state index < -0.39 is 0 Å². The molecule has 0 aromatic rings. The van der Waals surface area contributed by atoms with Gasteiger partial charge in [0, 0.05) is 26.4 Å². The number of hydrogen-bond acceptors (Lipinski definition) is 8. The molecular formula is C36H74O4S4. The molecule has 0 aliphatic carbocycles. The van der Waals surface area contributed by atoms with Crippen LogP contribution in [0.5, 0.6) is 0 Å². The fraction of sp³-hybridized carbons (Fsp3) is 1.00. The summed E-state index contributed by atoms with van der Waals surface area (Å²) in [6.45, 7) is 20.3. The first-order valence-corrected chi connectivity index (χ1v) is 23.5. The predicted octanol–water partition coefficient (Wildman–Crippen LogP) is 13.8. The highest BCUT2D eigenvalue weighted by Gasteiger charge is 2.42. The molecule has 0 saturated heterocycles. The average molecular weight is 699 g/mol. The van der Waals surface area contributed by atoms with E-state index in [1.165, 1.54) is 103 Å². The summed E-state index contributed by atoms with van der Waals surface area (Å²) in [6, 6.07) is 0. The lowest BCUT2D eigenvalue weighted by molar-refractivity contribution is -0.158. The second-order valence-electron chi connectivity index (χ2n) is 12.1. The molecule has 0 aliphatic heterocycles. The van der Waals surface area contributed by atoms with Crippen LogP contribution in [0.15, 0.2) is 0 Å². The predicted molar refractivity (Wildman–Crippen MR) is 205 cm³/mol. The fourth-order valence-corrected chi connectivity index (χ4v) is 14.3. The Labute approximate surface area is 291 Å². The van der Waals surface area contributed by atoms with Crippen molar-refractivity contribution in [2.24, 2.45) is 0 Å². The van der Waals surface area contributed by atoms with Crippen molar-refractivity contribution < 1.29 is 18.9 Å². The third kappa shape index (κ3) is 19.9. The molecular weight excluding hydrogens is 625 g/mol. The third-order valence-electron chi connectivity index (χ3n) is 8.66. The third-order valence-corrected chi connectivity index (χ3v) is 16.7. The molecule has 0 aliphatic rings. The zero-order valence-corrected chi connectivity index (χ0v) is 33.7. The van der Waals surface area contributed by atoms with E-state index in [4.69, 9.17) is 18.9 Å². The standard InChI is InChI=1S/C36H74O4S4/c1-9-17-19-21-23-25-27-29-31-35(11-3,33(37-13-5)38-14-6)41-43-44-42-36(12-4,34(39-15-7)40-16-8)32-30-28-26-24-22-20-18-10-2/h33-34H,9-32H2,1-8H3. The van der Waals surface area contributed by atoms with Crippen LogP contribution in [0.3, 0.4) is 0 Å². The molecule has 0 amide bonds. The minimum absolute atomic E-state index is 0.0572. The maximum absolute atomic E-state index is 6.28. The van der Waals surface area contributed by atoms with E-state index in [1.807, 2.05) is 41.2 Å². The van der Waals surface area contributed by atoms with Crippen molar-refractivity contribution in [3.05, 3.63) is 0 Å². The van der Waals surface area contributed by atoms with E-state index >= 15 is 0 Å². The molecule has 0 radical (unpaired) electrons. The van der Waals surface area contributed by atoms with Crippen LogP contribution in [-0.4, -0.2) is 48.5 Å². The van der Waals surface area contributed by atoms with Crippen LogP contribution in [0.2, 0.25) is 0 Å². The molecule has 0 saturated carbocycles. The topological polar surface area (TPSA) is 36.9 Å². The number of unbranched alkanes of at least 4 members (excludes halogenated alkanes) is 14. The van der Waals surface area contributed by atoms with Crippen molar-refractivity contribution in [1.29, 1.82) is 0 Å². The zero-order chi connectivity index (χ0) is 32.8. The summed E-state index contributed by atoms with van der Waals surface area (Å²) >= 11 is 0. The van der Waals surface area contributed by atoms with Crippen LogP contribution < -0.4 is 0 Å². The molecule has 0 spiro atoms. The maximum atomic E-state index is 6.28. The van der Waals surface area contributed by atoms with Gasteiger partial charge in [-0.15, -0.1) is 0 Å². The van der Waals surface area contributed by atoms with E-state index in [1.54, 1.807) is 0 Å². The zero-order valence-electron chi connectivity index (χ0n) is 30.4. The summed E-state index contributed by atoms with van der Waals surface area (Å²) in [5.74, 6) is 0. The summed E-state index contributed by atoms with van der Waals surface area (Å²) in [5, 5.41) is 0. The van der Waals surface area contributed by atoms with E-state index in [0.29, 0.717) is 26.4 Å². The molecule has 0 aromatic carbocycles. The fourth-order valence-electron chi connectivity index (χ4n) is 5.79. The van der Waals surface area contributed by atoms with Crippen molar-refractivity contribution >= 4 is 41.2 Å². The van der Waals surface area contributed by atoms with Gasteiger partial charge < -0.3 is 18.9 Å². The van der Waals surface area contributed by atoms with Gasteiger partial charge in [-0.2, -0.15) is 0 Å². The summed E-state index contributed by atoms with van der Waals surface area (Å²) in [7, 11) is 7.82. The van der Waals surface area contributed by atoms with Crippen LogP contribution >= 0.6 is 41.2 Å². The highest BCUT2D eigenvalue weighted by molar-refractivity contribution is 9.26. The summed E-state index contributed by atoms with van der Waals surface area (Å²) < 4.78 is 25.0. The van der Waals surface area contributed by atoms with E-state index in [2.05, 4.69) is 55.4 Å². The van der Waals surface area contributed by atoms with Crippen molar-refractivity contribution in [2.75, 3.05) is 26.4 Å². The van der Waals surface area contributed by atoms with Crippen LogP contribution in [0.1, 0.15) is 184 Å². The van der Waals surface area contributed by atoms with Gasteiger partial charge >= 0.3 is 0 Å². The number of hydrogen-bond donors (Lipinski definition) is 0. The first-order chi connectivity index (χ1) is 21.5. The van der Waals surface area contributed by atoms with Gasteiger partial charge in [-0.3, -0.25) is 0 Å². The van der Waals surface area contributed by atoms with Gasteiger partial charge in [-0.1, -0.05) is 152 Å². The van der Waals surface area contributed by atoms with Gasteiger partial charge in [-0.25, -0.2) is 0 Å². The highest BCUT2D eigenvalue weighted by atomic mass is 33.7. The van der Waals surface area contributed by atoms with Crippen LogP contribution in [-0.2, 0) is 18.9 Å². The quantitative estimate of drug-likeness (QED) is 0.0368. The van der Waals surface area contributed by atoms with Gasteiger partial charge in [0.2, 0.25) is 0 Å². The van der Waals surface area contributed by atoms with Crippen LogP contribution in [0.25, 0.3) is 0 Å². The molecule has 2 atom stereocenters. The summed E-state index contributed by atoms with van der Waals surface area (Å²) in [6.07, 6.45) is 25.4.